The minimum Gasteiger partial charge on any atom is -0.398 e. The number of aromatic nitrogens is 1. The summed E-state index contributed by atoms with van der Waals surface area (Å²) in [4.78, 5) is 4.66. The van der Waals surface area contributed by atoms with Gasteiger partial charge in [-0.3, -0.25) is 0 Å². The number of nitrogens with two attached hydrogens (primary N) is 1. The van der Waals surface area contributed by atoms with Crippen molar-refractivity contribution < 1.29 is 0 Å². The molecule has 3 heteroatoms. The second-order valence-electron chi connectivity index (χ2n) is 4.36. The smallest absolute Gasteiger partial charge is 0.0935 e. The van der Waals surface area contributed by atoms with Gasteiger partial charge < -0.3 is 5.73 Å². The first kappa shape index (κ1) is 9.85. The molecule has 0 atom stereocenters. The monoisotopic (exact) mass is 230 g/mol. The van der Waals surface area contributed by atoms with Crippen LogP contribution >= 0.6 is 11.3 Å². The molecule has 1 aliphatic rings. The zero-order chi connectivity index (χ0) is 11.0. The van der Waals surface area contributed by atoms with E-state index in [2.05, 4.69) is 10.4 Å². The molecule has 0 radical (unpaired) electrons. The van der Waals surface area contributed by atoms with E-state index in [9.17, 15) is 0 Å². The van der Waals surface area contributed by atoms with Crippen LogP contribution < -0.4 is 5.73 Å². The number of para-hydroxylation sites is 1. The highest BCUT2D eigenvalue weighted by atomic mass is 32.1. The van der Waals surface area contributed by atoms with E-state index in [1.54, 1.807) is 11.3 Å². The number of nitrogen functional groups attached to an aromatic ring is 1. The standard InChI is InChI=1S/C13H14N2S/c14-11-4-2-1-3-10(11)12-8-16-13(15-12)7-9-5-6-9/h1-4,8-9H,5-7,14H2. The molecule has 16 heavy (non-hydrogen) atoms. The van der Waals surface area contributed by atoms with Crippen LogP contribution in [0.25, 0.3) is 11.3 Å². The third-order valence-corrected chi connectivity index (χ3v) is 3.82. The van der Waals surface area contributed by atoms with Crippen LogP contribution in [0.4, 0.5) is 5.69 Å². The molecule has 1 saturated carbocycles. The highest BCUT2D eigenvalue weighted by Crippen LogP contribution is 2.35. The molecule has 0 aliphatic heterocycles. The van der Waals surface area contributed by atoms with Crippen molar-refractivity contribution in [2.75, 3.05) is 5.73 Å². The topological polar surface area (TPSA) is 38.9 Å². The molecule has 0 unspecified atom stereocenters. The molecule has 1 aliphatic carbocycles. The third-order valence-electron chi connectivity index (χ3n) is 2.95. The lowest BCUT2D eigenvalue weighted by atomic mass is 10.1. The van der Waals surface area contributed by atoms with Crippen molar-refractivity contribution in [2.24, 2.45) is 5.92 Å². The molecule has 82 valence electrons. The Labute approximate surface area is 99.1 Å². The normalized spacial score (nSPS) is 15.2. The molecule has 0 bridgehead atoms. The van der Waals surface area contributed by atoms with Crippen molar-refractivity contribution >= 4 is 17.0 Å². The van der Waals surface area contributed by atoms with Gasteiger partial charge in [0.15, 0.2) is 0 Å². The number of anilines is 1. The molecular weight excluding hydrogens is 216 g/mol. The largest absolute Gasteiger partial charge is 0.398 e. The second-order valence-corrected chi connectivity index (χ2v) is 5.30. The summed E-state index contributed by atoms with van der Waals surface area (Å²) >= 11 is 1.75. The quantitative estimate of drug-likeness (QED) is 0.821. The van der Waals surface area contributed by atoms with E-state index >= 15 is 0 Å². The summed E-state index contributed by atoms with van der Waals surface area (Å²) in [6.07, 6.45) is 3.90. The Bertz CT molecular complexity index is 500. The van der Waals surface area contributed by atoms with Crippen LogP contribution in [0, 0.1) is 5.92 Å². The Hall–Kier alpha value is -1.35. The first-order valence-corrected chi connectivity index (χ1v) is 6.50. The van der Waals surface area contributed by atoms with Crippen LogP contribution in [0.2, 0.25) is 0 Å². The van der Waals surface area contributed by atoms with E-state index in [0.29, 0.717) is 0 Å². The fourth-order valence-electron chi connectivity index (χ4n) is 1.83. The van der Waals surface area contributed by atoms with Crippen molar-refractivity contribution in [1.29, 1.82) is 0 Å². The van der Waals surface area contributed by atoms with Crippen molar-refractivity contribution in [3.8, 4) is 11.3 Å². The third kappa shape index (κ3) is 1.95. The van der Waals surface area contributed by atoms with E-state index in [-0.39, 0.29) is 0 Å². The minimum absolute atomic E-state index is 0.811. The Morgan fingerprint density at radius 1 is 1.31 bits per heavy atom. The van der Waals surface area contributed by atoms with Gasteiger partial charge >= 0.3 is 0 Å². The van der Waals surface area contributed by atoms with Crippen molar-refractivity contribution in [3.63, 3.8) is 0 Å². The van der Waals surface area contributed by atoms with E-state index in [1.807, 2.05) is 24.3 Å². The van der Waals surface area contributed by atoms with E-state index in [0.717, 1.165) is 29.3 Å². The number of nitrogens with zero attached hydrogens (tertiary/aromatic N) is 1. The van der Waals surface area contributed by atoms with Crippen LogP contribution in [-0.2, 0) is 6.42 Å². The van der Waals surface area contributed by atoms with E-state index in [1.165, 1.54) is 17.8 Å². The summed E-state index contributed by atoms with van der Waals surface area (Å²) < 4.78 is 0. The van der Waals surface area contributed by atoms with Gasteiger partial charge in [0.1, 0.15) is 0 Å². The summed E-state index contributed by atoms with van der Waals surface area (Å²) in [6, 6.07) is 7.92. The van der Waals surface area contributed by atoms with Crippen molar-refractivity contribution in [3.05, 3.63) is 34.7 Å². The van der Waals surface area contributed by atoms with Gasteiger partial charge in [-0.05, 0) is 24.8 Å². The molecule has 0 amide bonds. The highest BCUT2D eigenvalue weighted by molar-refractivity contribution is 7.09. The van der Waals surface area contributed by atoms with Gasteiger partial charge in [0, 0.05) is 23.1 Å². The molecule has 2 N–H and O–H groups in total. The van der Waals surface area contributed by atoms with E-state index in [4.69, 9.17) is 5.73 Å². The van der Waals surface area contributed by atoms with Crippen molar-refractivity contribution in [2.45, 2.75) is 19.3 Å². The average molecular weight is 230 g/mol. The molecule has 1 heterocycles. The van der Waals surface area contributed by atoms with Gasteiger partial charge in [0.05, 0.1) is 10.7 Å². The zero-order valence-electron chi connectivity index (χ0n) is 9.02. The number of hydrogen-bond donors (Lipinski definition) is 1. The summed E-state index contributed by atoms with van der Waals surface area (Å²) in [5.41, 5.74) is 8.83. The lowest BCUT2D eigenvalue weighted by Crippen LogP contribution is -1.90. The molecule has 2 aromatic rings. The SMILES string of the molecule is Nc1ccccc1-c1csc(CC2CC2)n1. The summed E-state index contributed by atoms with van der Waals surface area (Å²) in [6.45, 7) is 0. The molecule has 1 aromatic carbocycles. The maximum Gasteiger partial charge on any atom is 0.0935 e. The highest BCUT2D eigenvalue weighted by Gasteiger charge is 2.23. The van der Waals surface area contributed by atoms with Gasteiger partial charge in [-0.15, -0.1) is 11.3 Å². The van der Waals surface area contributed by atoms with Gasteiger partial charge in [0.2, 0.25) is 0 Å². The Kier molecular flexibility index (Phi) is 2.40. The van der Waals surface area contributed by atoms with Gasteiger partial charge in [0.25, 0.3) is 0 Å². The number of rotatable bonds is 3. The summed E-state index contributed by atoms with van der Waals surface area (Å²) in [5.74, 6) is 0.895. The molecular formula is C13H14N2S. The molecule has 1 aromatic heterocycles. The fourth-order valence-corrected chi connectivity index (χ4v) is 2.74. The van der Waals surface area contributed by atoms with Gasteiger partial charge in [-0.1, -0.05) is 18.2 Å². The Morgan fingerprint density at radius 3 is 2.88 bits per heavy atom. The van der Waals surface area contributed by atoms with Crippen LogP contribution in [0.15, 0.2) is 29.6 Å². The van der Waals surface area contributed by atoms with Crippen LogP contribution in [0.3, 0.4) is 0 Å². The van der Waals surface area contributed by atoms with Gasteiger partial charge in [-0.25, -0.2) is 4.98 Å². The minimum atomic E-state index is 0.811. The zero-order valence-corrected chi connectivity index (χ0v) is 9.83. The number of hydrogen-bond acceptors (Lipinski definition) is 3. The predicted octanol–water partition coefficient (Wildman–Crippen LogP) is 3.34. The first-order valence-electron chi connectivity index (χ1n) is 5.62. The predicted molar refractivity (Wildman–Crippen MR) is 68.4 cm³/mol. The Morgan fingerprint density at radius 2 is 2.12 bits per heavy atom. The van der Waals surface area contributed by atoms with Crippen LogP contribution in [0.1, 0.15) is 17.8 Å². The molecule has 3 rings (SSSR count). The van der Waals surface area contributed by atoms with Crippen molar-refractivity contribution in [1.82, 2.24) is 4.98 Å². The first-order chi connectivity index (χ1) is 7.83. The molecule has 0 saturated heterocycles. The maximum absolute atomic E-state index is 5.94. The molecule has 2 nitrogen and oxygen atoms in total. The lowest BCUT2D eigenvalue weighted by Gasteiger charge is -2.00. The van der Waals surface area contributed by atoms with Crippen LogP contribution in [-0.4, -0.2) is 4.98 Å². The maximum atomic E-state index is 5.94. The fraction of sp³-hybridized carbons (Fsp3) is 0.308. The molecule has 0 spiro atoms. The Balaban J connectivity index is 1.88. The van der Waals surface area contributed by atoms with E-state index < -0.39 is 0 Å². The molecule has 1 fully saturated rings. The average Bonchev–Trinajstić information content (AvgIpc) is 2.97. The number of benzene rings is 1. The lowest BCUT2D eigenvalue weighted by molar-refractivity contribution is 0.825. The van der Waals surface area contributed by atoms with Gasteiger partial charge in [-0.2, -0.15) is 0 Å². The number of thiazole rings is 1. The van der Waals surface area contributed by atoms with Crippen LogP contribution in [0.5, 0.6) is 0 Å². The summed E-state index contributed by atoms with van der Waals surface area (Å²) in [7, 11) is 0. The second kappa shape index (κ2) is 3.91. The summed E-state index contributed by atoms with van der Waals surface area (Å²) in [5, 5.41) is 3.37.